The van der Waals surface area contributed by atoms with Gasteiger partial charge in [-0.05, 0) is 13.8 Å². The third-order valence-corrected chi connectivity index (χ3v) is 1.43. The molecule has 4 nitrogen and oxygen atoms in total. The Morgan fingerprint density at radius 1 is 1.73 bits per heavy atom. The summed E-state index contributed by atoms with van der Waals surface area (Å²) in [6, 6.07) is 0. The Morgan fingerprint density at radius 2 is 2.36 bits per heavy atom. The second kappa shape index (κ2) is 2.71. The summed E-state index contributed by atoms with van der Waals surface area (Å²) in [6.07, 6.45) is 0. The molecule has 0 saturated carbocycles. The van der Waals surface area contributed by atoms with Crippen LogP contribution < -0.4 is 10.7 Å². The third-order valence-electron chi connectivity index (χ3n) is 1.43. The fourth-order valence-electron chi connectivity index (χ4n) is 0.966. The molecule has 0 bridgehead atoms. The van der Waals surface area contributed by atoms with Crippen molar-refractivity contribution in [2.45, 2.75) is 19.4 Å². The van der Waals surface area contributed by atoms with E-state index in [4.69, 9.17) is 0 Å². The molecule has 0 aliphatic carbocycles. The monoisotopic (exact) mass is 157 g/mol. The molecule has 64 valence electrons. The van der Waals surface area contributed by atoms with Crippen LogP contribution >= 0.6 is 0 Å². The van der Waals surface area contributed by atoms with Gasteiger partial charge in [0.1, 0.15) is 5.82 Å². The molecule has 1 aliphatic heterocycles. The van der Waals surface area contributed by atoms with Crippen LogP contribution in [0.25, 0.3) is 0 Å². The Balaban J connectivity index is 2.43. The van der Waals surface area contributed by atoms with Gasteiger partial charge in [0, 0.05) is 0 Å². The molecule has 0 aromatic carbocycles. The minimum absolute atomic E-state index is 0.541. The number of aliphatic hydroxyl groups is 1. The lowest BCUT2D eigenvalue weighted by Gasteiger charge is -2.25. The highest BCUT2D eigenvalue weighted by atomic mass is 16.3. The minimum atomic E-state index is -0.692. The van der Waals surface area contributed by atoms with Crippen molar-refractivity contribution in [2.75, 3.05) is 13.2 Å². The Kier molecular flexibility index (Phi) is 2.06. The molecule has 0 radical (unpaired) electrons. The first kappa shape index (κ1) is 8.36. The van der Waals surface area contributed by atoms with Crippen LogP contribution in [-0.2, 0) is 0 Å². The Labute approximate surface area is 66.9 Å². The smallest absolute Gasteiger partial charge is 0.110 e. The summed E-state index contributed by atoms with van der Waals surface area (Å²) in [5.74, 6) is 0.812. The van der Waals surface area contributed by atoms with Gasteiger partial charge in [-0.2, -0.15) is 0 Å². The van der Waals surface area contributed by atoms with E-state index >= 15 is 0 Å². The van der Waals surface area contributed by atoms with Crippen molar-refractivity contribution >= 4 is 0 Å². The molecular weight excluding hydrogens is 142 g/mol. The molecule has 1 heterocycles. The minimum Gasteiger partial charge on any atom is -0.389 e. The number of nitrogens with one attached hydrogen (secondary N) is 2. The van der Waals surface area contributed by atoms with E-state index in [1.807, 2.05) is 0 Å². The van der Waals surface area contributed by atoms with Gasteiger partial charge in [-0.1, -0.05) is 6.58 Å². The van der Waals surface area contributed by atoms with Crippen LogP contribution in [-0.4, -0.2) is 28.9 Å². The van der Waals surface area contributed by atoms with E-state index in [0.29, 0.717) is 13.2 Å². The summed E-state index contributed by atoms with van der Waals surface area (Å²) < 4.78 is 0. The highest BCUT2D eigenvalue weighted by Crippen LogP contribution is 2.07. The van der Waals surface area contributed by atoms with Crippen molar-refractivity contribution < 1.29 is 5.11 Å². The summed E-state index contributed by atoms with van der Waals surface area (Å²) >= 11 is 0. The summed E-state index contributed by atoms with van der Waals surface area (Å²) in [7, 11) is 0. The van der Waals surface area contributed by atoms with Crippen molar-refractivity contribution in [3.63, 3.8) is 0 Å². The Bertz CT molecular complexity index is 162. The Hall–Kier alpha value is -0.740. The van der Waals surface area contributed by atoms with Gasteiger partial charge < -0.3 is 10.4 Å². The molecular formula is C7H15N3O. The van der Waals surface area contributed by atoms with E-state index in [0.717, 1.165) is 5.82 Å². The van der Waals surface area contributed by atoms with E-state index in [-0.39, 0.29) is 0 Å². The zero-order chi connectivity index (χ0) is 8.48. The molecule has 1 saturated heterocycles. The predicted molar refractivity (Wildman–Crippen MR) is 43.3 cm³/mol. The molecule has 0 spiro atoms. The van der Waals surface area contributed by atoms with Crippen molar-refractivity contribution in [1.82, 2.24) is 15.8 Å². The fraction of sp³-hybridized carbons (Fsp3) is 0.714. The van der Waals surface area contributed by atoms with Crippen LogP contribution in [0.4, 0.5) is 0 Å². The van der Waals surface area contributed by atoms with E-state index < -0.39 is 5.60 Å². The topological polar surface area (TPSA) is 47.5 Å². The van der Waals surface area contributed by atoms with Crippen molar-refractivity contribution in [1.29, 1.82) is 0 Å². The average molecular weight is 157 g/mol. The van der Waals surface area contributed by atoms with Gasteiger partial charge in [0.25, 0.3) is 0 Å². The van der Waals surface area contributed by atoms with Gasteiger partial charge in [-0.25, -0.2) is 5.43 Å². The van der Waals surface area contributed by atoms with Gasteiger partial charge in [-0.3, -0.25) is 5.01 Å². The maximum atomic E-state index is 9.45. The number of hydrogen-bond donors (Lipinski definition) is 3. The van der Waals surface area contributed by atoms with E-state index in [1.54, 1.807) is 18.9 Å². The summed E-state index contributed by atoms with van der Waals surface area (Å²) in [4.78, 5) is 0. The SMILES string of the molecule is C=C1NCNN1CC(C)(C)O. The number of β-amino-alcohol motifs (C(OH)–C–C–N with tert-alkyl or cyclic N) is 1. The van der Waals surface area contributed by atoms with Gasteiger partial charge >= 0.3 is 0 Å². The van der Waals surface area contributed by atoms with Gasteiger partial charge in [0.15, 0.2) is 0 Å². The largest absolute Gasteiger partial charge is 0.389 e. The predicted octanol–water partition coefficient (Wildman–Crippen LogP) is -0.404. The first-order valence-corrected chi connectivity index (χ1v) is 3.65. The van der Waals surface area contributed by atoms with E-state index in [1.165, 1.54) is 0 Å². The first-order chi connectivity index (χ1) is 4.99. The van der Waals surface area contributed by atoms with Crippen LogP contribution in [0.1, 0.15) is 13.8 Å². The normalized spacial score (nSPS) is 18.8. The summed E-state index contributed by atoms with van der Waals surface area (Å²) in [6.45, 7) is 8.52. The molecule has 0 amide bonds. The number of hydrazine groups is 1. The molecule has 0 aromatic rings. The molecule has 4 heteroatoms. The quantitative estimate of drug-likeness (QED) is 0.510. The van der Waals surface area contributed by atoms with Crippen LogP contribution in [0.3, 0.4) is 0 Å². The summed E-state index contributed by atoms with van der Waals surface area (Å²) in [5, 5.41) is 14.3. The molecule has 0 unspecified atom stereocenters. The summed E-state index contributed by atoms with van der Waals surface area (Å²) in [5.41, 5.74) is 2.33. The molecule has 11 heavy (non-hydrogen) atoms. The fourth-order valence-corrected chi connectivity index (χ4v) is 0.966. The zero-order valence-electron chi connectivity index (χ0n) is 7.02. The molecule has 1 fully saturated rings. The van der Waals surface area contributed by atoms with Gasteiger partial charge in [-0.15, -0.1) is 0 Å². The number of nitrogens with zero attached hydrogens (tertiary/aromatic N) is 1. The highest BCUT2D eigenvalue weighted by Gasteiger charge is 2.21. The molecule has 0 atom stereocenters. The molecule has 3 N–H and O–H groups in total. The van der Waals surface area contributed by atoms with Crippen molar-refractivity contribution in [2.24, 2.45) is 0 Å². The zero-order valence-corrected chi connectivity index (χ0v) is 7.02. The van der Waals surface area contributed by atoms with Gasteiger partial charge in [0.2, 0.25) is 0 Å². The second-order valence-electron chi connectivity index (χ2n) is 3.36. The average Bonchev–Trinajstić information content (AvgIpc) is 2.12. The maximum Gasteiger partial charge on any atom is 0.110 e. The van der Waals surface area contributed by atoms with Gasteiger partial charge in [0.05, 0.1) is 18.8 Å². The van der Waals surface area contributed by atoms with Crippen LogP contribution in [0, 0.1) is 0 Å². The van der Waals surface area contributed by atoms with Crippen LogP contribution in [0.15, 0.2) is 12.4 Å². The molecule has 1 rings (SSSR count). The Morgan fingerprint density at radius 3 is 2.73 bits per heavy atom. The highest BCUT2D eigenvalue weighted by molar-refractivity contribution is 4.95. The lowest BCUT2D eigenvalue weighted by Crippen LogP contribution is -2.41. The third kappa shape index (κ3) is 2.40. The van der Waals surface area contributed by atoms with E-state index in [2.05, 4.69) is 17.3 Å². The second-order valence-corrected chi connectivity index (χ2v) is 3.36. The number of hydrogen-bond acceptors (Lipinski definition) is 4. The first-order valence-electron chi connectivity index (χ1n) is 3.65. The van der Waals surface area contributed by atoms with Crippen LogP contribution in [0.2, 0.25) is 0 Å². The van der Waals surface area contributed by atoms with Crippen molar-refractivity contribution in [3.05, 3.63) is 12.4 Å². The lowest BCUT2D eigenvalue weighted by molar-refractivity contribution is 0.0389. The van der Waals surface area contributed by atoms with Crippen molar-refractivity contribution in [3.8, 4) is 0 Å². The maximum absolute atomic E-state index is 9.45. The van der Waals surface area contributed by atoms with E-state index in [9.17, 15) is 5.11 Å². The molecule has 0 aromatic heterocycles. The molecule has 1 aliphatic rings. The van der Waals surface area contributed by atoms with Crippen LogP contribution in [0.5, 0.6) is 0 Å². The number of rotatable bonds is 2. The lowest BCUT2D eigenvalue weighted by atomic mass is 10.1. The standard InChI is InChI=1S/C7H15N3O/c1-6-8-5-9-10(6)4-7(2,3)11/h8-9,11H,1,4-5H2,2-3H3.